The fraction of sp³-hybridized carbons (Fsp3) is 0.190. The first-order valence-corrected chi connectivity index (χ1v) is 8.50. The number of ether oxygens (including phenoxy) is 1. The lowest BCUT2D eigenvalue weighted by Crippen LogP contribution is -2.19. The number of rotatable bonds is 6. The molecule has 27 heavy (non-hydrogen) atoms. The number of alkyl halides is 3. The van der Waals surface area contributed by atoms with Crippen LogP contribution in [0.5, 0.6) is 5.75 Å². The minimum atomic E-state index is -4.75. The number of halogens is 3. The van der Waals surface area contributed by atoms with Gasteiger partial charge in [0.25, 0.3) is 0 Å². The van der Waals surface area contributed by atoms with Crippen LogP contribution >= 0.6 is 0 Å². The van der Waals surface area contributed by atoms with Crippen molar-refractivity contribution in [2.45, 2.75) is 25.9 Å². The highest BCUT2D eigenvalue weighted by atomic mass is 19.4. The monoisotopic (exact) mass is 372 g/mol. The summed E-state index contributed by atoms with van der Waals surface area (Å²) in [5, 5.41) is 3.38. The van der Waals surface area contributed by atoms with E-state index in [2.05, 4.69) is 15.0 Å². The molecule has 0 amide bonds. The van der Waals surface area contributed by atoms with Crippen molar-refractivity contribution >= 4 is 0 Å². The van der Waals surface area contributed by atoms with Gasteiger partial charge in [0, 0.05) is 36.1 Å². The average molecular weight is 372 g/mol. The van der Waals surface area contributed by atoms with Gasteiger partial charge in [0.15, 0.2) is 0 Å². The average Bonchev–Trinajstić information content (AvgIpc) is 2.67. The third-order valence-electron chi connectivity index (χ3n) is 4.15. The summed E-state index contributed by atoms with van der Waals surface area (Å²) < 4.78 is 42.4. The van der Waals surface area contributed by atoms with Gasteiger partial charge in [-0.05, 0) is 36.2 Å². The predicted octanol–water partition coefficient (Wildman–Crippen LogP) is 5.50. The SMILES string of the molecule is C[C@@H](NCc1ccc(OC(F)(F)F)c(-c2cccnc2)c1)c1ccccc1. The Bertz CT molecular complexity index is 868. The maximum atomic E-state index is 12.7. The molecule has 3 nitrogen and oxygen atoms in total. The molecule has 0 radical (unpaired) electrons. The summed E-state index contributed by atoms with van der Waals surface area (Å²) in [6.45, 7) is 2.55. The number of hydrogen-bond donors (Lipinski definition) is 1. The summed E-state index contributed by atoms with van der Waals surface area (Å²) in [5.74, 6) is -0.240. The van der Waals surface area contributed by atoms with E-state index in [1.807, 2.05) is 37.3 Å². The normalized spacial score (nSPS) is 12.6. The fourth-order valence-corrected chi connectivity index (χ4v) is 2.78. The molecule has 0 aliphatic rings. The second-order valence-corrected chi connectivity index (χ2v) is 6.13. The van der Waals surface area contributed by atoms with Crippen LogP contribution in [-0.4, -0.2) is 11.3 Å². The zero-order valence-corrected chi connectivity index (χ0v) is 14.7. The quantitative estimate of drug-likeness (QED) is 0.621. The summed E-state index contributed by atoms with van der Waals surface area (Å²) >= 11 is 0. The Labute approximate surface area is 155 Å². The van der Waals surface area contributed by atoms with E-state index in [-0.39, 0.29) is 11.8 Å². The van der Waals surface area contributed by atoms with Crippen molar-refractivity contribution in [2.75, 3.05) is 0 Å². The molecule has 0 aliphatic heterocycles. The molecule has 1 aromatic heterocycles. The van der Waals surface area contributed by atoms with Gasteiger partial charge < -0.3 is 10.1 Å². The molecule has 1 N–H and O–H groups in total. The number of benzene rings is 2. The molecular weight excluding hydrogens is 353 g/mol. The van der Waals surface area contributed by atoms with E-state index in [0.29, 0.717) is 17.7 Å². The molecular formula is C21H19F3N2O. The Balaban J connectivity index is 1.82. The molecule has 2 aromatic carbocycles. The number of hydrogen-bond acceptors (Lipinski definition) is 3. The van der Waals surface area contributed by atoms with Crippen LogP contribution in [0.2, 0.25) is 0 Å². The van der Waals surface area contributed by atoms with Gasteiger partial charge in [0.2, 0.25) is 0 Å². The summed E-state index contributed by atoms with van der Waals surface area (Å²) in [6.07, 6.45) is -1.67. The van der Waals surface area contributed by atoms with E-state index in [0.717, 1.165) is 11.1 Å². The number of nitrogens with zero attached hydrogens (tertiary/aromatic N) is 1. The molecule has 1 heterocycles. The van der Waals surface area contributed by atoms with E-state index >= 15 is 0 Å². The minimum absolute atomic E-state index is 0.110. The Morgan fingerprint density at radius 1 is 1.04 bits per heavy atom. The first-order chi connectivity index (χ1) is 12.9. The second kappa shape index (κ2) is 8.22. The molecule has 0 fully saturated rings. The highest BCUT2D eigenvalue weighted by Gasteiger charge is 2.32. The van der Waals surface area contributed by atoms with Crippen LogP contribution in [0, 0.1) is 0 Å². The minimum Gasteiger partial charge on any atom is -0.405 e. The highest BCUT2D eigenvalue weighted by Crippen LogP contribution is 2.34. The summed E-state index contributed by atoms with van der Waals surface area (Å²) in [5.41, 5.74) is 2.91. The van der Waals surface area contributed by atoms with Crippen LogP contribution in [0.15, 0.2) is 73.1 Å². The van der Waals surface area contributed by atoms with Crippen molar-refractivity contribution in [3.05, 3.63) is 84.2 Å². The Hall–Kier alpha value is -2.86. The van der Waals surface area contributed by atoms with Crippen LogP contribution in [-0.2, 0) is 6.54 Å². The van der Waals surface area contributed by atoms with Crippen LogP contribution in [0.25, 0.3) is 11.1 Å². The molecule has 0 aliphatic carbocycles. The van der Waals surface area contributed by atoms with Gasteiger partial charge in [-0.25, -0.2) is 0 Å². The lowest BCUT2D eigenvalue weighted by atomic mass is 10.0. The molecule has 140 valence electrons. The molecule has 0 saturated carbocycles. The zero-order chi connectivity index (χ0) is 19.3. The van der Waals surface area contributed by atoms with Crippen LogP contribution in [0.1, 0.15) is 24.1 Å². The summed E-state index contributed by atoms with van der Waals surface area (Å²) in [6, 6.07) is 18.1. The van der Waals surface area contributed by atoms with Crippen LogP contribution in [0.4, 0.5) is 13.2 Å². The van der Waals surface area contributed by atoms with Crippen molar-refractivity contribution in [3.63, 3.8) is 0 Å². The van der Waals surface area contributed by atoms with Crippen LogP contribution in [0.3, 0.4) is 0 Å². The Morgan fingerprint density at radius 2 is 1.81 bits per heavy atom. The topological polar surface area (TPSA) is 34.1 Å². The predicted molar refractivity (Wildman–Crippen MR) is 98.1 cm³/mol. The maximum Gasteiger partial charge on any atom is 0.573 e. The fourth-order valence-electron chi connectivity index (χ4n) is 2.78. The first-order valence-electron chi connectivity index (χ1n) is 8.50. The van der Waals surface area contributed by atoms with Gasteiger partial charge in [-0.2, -0.15) is 0 Å². The van der Waals surface area contributed by atoms with E-state index < -0.39 is 6.36 Å². The summed E-state index contributed by atoms with van der Waals surface area (Å²) in [4.78, 5) is 3.99. The molecule has 1 atom stereocenters. The molecule has 0 saturated heterocycles. The smallest absolute Gasteiger partial charge is 0.405 e. The summed E-state index contributed by atoms with van der Waals surface area (Å²) in [7, 11) is 0. The van der Waals surface area contributed by atoms with Gasteiger partial charge in [0.1, 0.15) is 5.75 Å². The van der Waals surface area contributed by atoms with Crippen molar-refractivity contribution < 1.29 is 17.9 Å². The molecule has 0 bridgehead atoms. The Kier molecular flexibility index (Phi) is 5.76. The van der Waals surface area contributed by atoms with E-state index in [9.17, 15) is 13.2 Å². The molecule has 0 unspecified atom stereocenters. The molecule has 0 spiro atoms. The Morgan fingerprint density at radius 3 is 2.48 bits per heavy atom. The van der Waals surface area contributed by atoms with Crippen LogP contribution < -0.4 is 10.1 Å². The zero-order valence-electron chi connectivity index (χ0n) is 14.7. The third-order valence-corrected chi connectivity index (χ3v) is 4.15. The van der Waals surface area contributed by atoms with E-state index in [1.54, 1.807) is 30.5 Å². The molecule has 3 rings (SSSR count). The highest BCUT2D eigenvalue weighted by molar-refractivity contribution is 5.70. The molecule has 6 heteroatoms. The van der Waals surface area contributed by atoms with E-state index in [4.69, 9.17) is 0 Å². The van der Waals surface area contributed by atoms with Gasteiger partial charge in [0.05, 0.1) is 0 Å². The van der Waals surface area contributed by atoms with Gasteiger partial charge in [-0.1, -0.05) is 42.5 Å². The second-order valence-electron chi connectivity index (χ2n) is 6.13. The lowest BCUT2D eigenvalue weighted by Gasteiger charge is -2.17. The van der Waals surface area contributed by atoms with Crippen molar-refractivity contribution in [1.29, 1.82) is 0 Å². The molecule has 3 aromatic rings. The van der Waals surface area contributed by atoms with Gasteiger partial charge in [-0.3, -0.25) is 4.98 Å². The van der Waals surface area contributed by atoms with Crippen molar-refractivity contribution in [2.24, 2.45) is 0 Å². The van der Waals surface area contributed by atoms with Gasteiger partial charge >= 0.3 is 6.36 Å². The number of nitrogens with one attached hydrogen (secondary N) is 1. The van der Waals surface area contributed by atoms with Gasteiger partial charge in [-0.15, -0.1) is 13.2 Å². The largest absolute Gasteiger partial charge is 0.573 e. The standard InChI is InChI=1S/C21H19F3N2O/c1-15(17-6-3-2-4-7-17)26-13-16-9-10-20(27-21(22,23)24)19(12-16)18-8-5-11-25-14-18/h2-12,14-15,26H,13H2,1H3/t15-/m1/s1. The van der Waals surface area contributed by atoms with Crippen molar-refractivity contribution in [3.8, 4) is 16.9 Å². The first kappa shape index (κ1) is 18.9. The lowest BCUT2D eigenvalue weighted by molar-refractivity contribution is -0.274. The van der Waals surface area contributed by atoms with Crippen molar-refractivity contribution in [1.82, 2.24) is 10.3 Å². The number of pyridine rings is 1. The third kappa shape index (κ3) is 5.31. The maximum absolute atomic E-state index is 12.7. The van der Waals surface area contributed by atoms with E-state index in [1.165, 1.54) is 12.3 Å². The number of aromatic nitrogens is 1.